The second-order valence-electron chi connectivity index (χ2n) is 3.00. The van der Waals surface area contributed by atoms with Crippen LogP contribution < -0.4 is 11.1 Å². The number of likely N-dealkylation sites (N-methyl/N-ethyl adjacent to an activating group) is 1. The first-order chi connectivity index (χ1) is 6.76. The Labute approximate surface area is 83.9 Å². The summed E-state index contributed by atoms with van der Waals surface area (Å²) in [5.74, 6) is 0.907. The summed E-state index contributed by atoms with van der Waals surface area (Å²) in [6, 6.07) is 0. The van der Waals surface area contributed by atoms with Crippen LogP contribution in [0.3, 0.4) is 0 Å². The predicted molar refractivity (Wildman–Crippen MR) is 57.1 cm³/mol. The third-order valence-corrected chi connectivity index (χ3v) is 2.11. The number of aromatic nitrogens is 3. The molecule has 0 aliphatic carbocycles. The summed E-state index contributed by atoms with van der Waals surface area (Å²) in [5.41, 5.74) is 5.38. The van der Waals surface area contributed by atoms with Gasteiger partial charge in [0.05, 0.1) is 0 Å². The highest BCUT2D eigenvalue weighted by Crippen LogP contribution is 1.97. The molecule has 0 atom stereocenters. The van der Waals surface area contributed by atoms with Crippen LogP contribution in [0.25, 0.3) is 0 Å². The molecule has 0 aliphatic heterocycles. The molecule has 0 amide bonds. The Hall–Kier alpha value is -1.30. The zero-order valence-electron chi connectivity index (χ0n) is 8.75. The highest BCUT2D eigenvalue weighted by molar-refractivity contribution is 5.29. The molecule has 0 fully saturated rings. The molecule has 80 valence electrons. The Morgan fingerprint density at radius 2 is 2.14 bits per heavy atom. The molecule has 0 saturated carbocycles. The second kappa shape index (κ2) is 5.43. The van der Waals surface area contributed by atoms with Crippen LogP contribution in [0.1, 0.15) is 13.8 Å². The van der Waals surface area contributed by atoms with Crippen LogP contribution in [0.5, 0.6) is 0 Å². The summed E-state index contributed by atoms with van der Waals surface area (Å²) < 4.78 is 0. The molecular formula is C8H18N6. The molecule has 1 rings (SSSR count). The Kier molecular flexibility index (Phi) is 4.18. The fraction of sp³-hybridized carbons (Fsp3) is 0.750. The van der Waals surface area contributed by atoms with E-state index in [2.05, 4.69) is 39.2 Å². The summed E-state index contributed by atoms with van der Waals surface area (Å²) in [4.78, 5) is 6.26. The van der Waals surface area contributed by atoms with Crippen LogP contribution in [-0.4, -0.2) is 46.3 Å². The Balaban J connectivity index is 2.21. The fourth-order valence-corrected chi connectivity index (χ4v) is 1.22. The number of nitrogen functional groups attached to an aromatic ring is 1. The van der Waals surface area contributed by atoms with E-state index in [0.29, 0.717) is 11.9 Å². The lowest BCUT2D eigenvalue weighted by molar-refractivity contribution is 0.316. The van der Waals surface area contributed by atoms with Crippen molar-refractivity contribution in [2.75, 3.05) is 37.2 Å². The smallest absolute Gasteiger partial charge is 0.243 e. The van der Waals surface area contributed by atoms with Gasteiger partial charge in [-0.3, -0.25) is 0 Å². The number of nitrogens with one attached hydrogen (secondary N) is 2. The average Bonchev–Trinajstić information content (AvgIpc) is 2.59. The van der Waals surface area contributed by atoms with Gasteiger partial charge >= 0.3 is 0 Å². The van der Waals surface area contributed by atoms with Crippen molar-refractivity contribution in [1.82, 2.24) is 20.1 Å². The Morgan fingerprint density at radius 3 is 2.64 bits per heavy atom. The van der Waals surface area contributed by atoms with Crippen molar-refractivity contribution in [3.05, 3.63) is 0 Å². The van der Waals surface area contributed by atoms with E-state index in [1.165, 1.54) is 0 Å². The standard InChI is InChI=1S/C8H18N6/c1-3-14(4-2)6-5-10-8-11-7(9)12-13-8/h3-6H2,1-2H3,(H4,9,10,11,12,13). The summed E-state index contributed by atoms with van der Waals surface area (Å²) in [5, 5.41) is 9.54. The molecular weight excluding hydrogens is 180 g/mol. The van der Waals surface area contributed by atoms with Crippen LogP contribution in [0.2, 0.25) is 0 Å². The van der Waals surface area contributed by atoms with Gasteiger partial charge in [0.2, 0.25) is 11.9 Å². The van der Waals surface area contributed by atoms with E-state index in [4.69, 9.17) is 5.73 Å². The Morgan fingerprint density at radius 1 is 1.43 bits per heavy atom. The van der Waals surface area contributed by atoms with Gasteiger partial charge in [-0.05, 0) is 13.1 Å². The van der Waals surface area contributed by atoms with Crippen LogP contribution in [0.4, 0.5) is 11.9 Å². The van der Waals surface area contributed by atoms with Gasteiger partial charge in [0.1, 0.15) is 0 Å². The third kappa shape index (κ3) is 3.21. The van der Waals surface area contributed by atoms with E-state index in [0.717, 1.165) is 26.2 Å². The SMILES string of the molecule is CCN(CC)CCNc1n[nH]c(N)n1. The quantitative estimate of drug-likeness (QED) is 0.605. The van der Waals surface area contributed by atoms with Gasteiger partial charge in [0.25, 0.3) is 0 Å². The molecule has 6 heteroatoms. The van der Waals surface area contributed by atoms with Crippen LogP contribution >= 0.6 is 0 Å². The van der Waals surface area contributed by atoms with E-state index in [1.807, 2.05) is 0 Å². The lowest BCUT2D eigenvalue weighted by Gasteiger charge is -2.17. The number of aromatic amines is 1. The van der Waals surface area contributed by atoms with E-state index >= 15 is 0 Å². The van der Waals surface area contributed by atoms with Crippen molar-refractivity contribution in [2.45, 2.75) is 13.8 Å². The summed E-state index contributed by atoms with van der Waals surface area (Å²) in [6.45, 7) is 8.24. The van der Waals surface area contributed by atoms with E-state index < -0.39 is 0 Å². The van der Waals surface area contributed by atoms with Crippen LogP contribution in [-0.2, 0) is 0 Å². The van der Waals surface area contributed by atoms with Gasteiger partial charge in [0.15, 0.2) is 0 Å². The topological polar surface area (TPSA) is 82.9 Å². The largest absolute Gasteiger partial charge is 0.368 e. The summed E-state index contributed by atoms with van der Waals surface area (Å²) >= 11 is 0. The van der Waals surface area contributed by atoms with Crippen molar-refractivity contribution in [3.63, 3.8) is 0 Å². The van der Waals surface area contributed by atoms with E-state index in [-0.39, 0.29) is 0 Å². The molecule has 14 heavy (non-hydrogen) atoms. The zero-order chi connectivity index (χ0) is 10.4. The minimum atomic E-state index is 0.343. The van der Waals surface area contributed by atoms with Gasteiger partial charge in [0, 0.05) is 13.1 Å². The highest BCUT2D eigenvalue weighted by Gasteiger charge is 2.00. The molecule has 4 N–H and O–H groups in total. The van der Waals surface area contributed by atoms with Crippen molar-refractivity contribution in [2.24, 2.45) is 0 Å². The monoisotopic (exact) mass is 198 g/mol. The zero-order valence-corrected chi connectivity index (χ0v) is 8.75. The molecule has 6 nitrogen and oxygen atoms in total. The van der Waals surface area contributed by atoms with Crippen LogP contribution in [0, 0.1) is 0 Å². The van der Waals surface area contributed by atoms with Gasteiger partial charge in [-0.1, -0.05) is 13.8 Å². The minimum Gasteiger partial charge on any atom is -0.368 e. The lowest BCUT2D eigenvalue weighted by atomic mass is 10.5. The number of nitrogens with two attached hydrogens (primary N) is 1. The second-order valence-corrected chi connectivity index (χ2v) is 3.00. The van der Waals surface area contributed by atoms with Crippen LogP contribution in [0.15, 0.2) is 0 Å². The first kappa shape index (κ1) is 10.8. The minimum absolute atomic E-state index is 0.343. The molecule has 0 radical (unpaired) electrons. The molecule has 0 aromatic carbocycles. The molecule has 0 spiro atoms. The number of nitrogens with zero attached hydrogens (tertiary/aromatic N) is 3. The maximum absolute atomic E-state index is 5.38. The van der Waals surface area contributed by atoms with Gasteiger partial charge in [-0.15, -0.1) is 5.10 Å². The van der Waals surface area contributed by atoms with Crippen molar-refractivity contribution in [1.29, 1.82) is 0 Å². The number of rotatable bonds is 6. The third-order valence-electron chi connectivity index (χ3n) is 2.11. The fourth-order valence-electron chi connectivity index (χ4n) is 1.22. The maximum Gasteiger partial charge on any atom is 0.243 e. The van der Waals surface area contributed by atoms with Gasteiger partial charge < -0.3 is 16.0 Å². The molecule has 0 unspecified atom stereocenters. The predicted octanol–water partition coefficient (Wildman–Crippen LogP) is 0.141. The average molecular weight is 198 g/mol. The molecule has 0 saturated heterocycles. The number of hydrogen-bond acceptors (Lipinski definition) is 5. The first-order valence-corrected chi connectivity index (χ1v) is 4.90. The Bertz CT molecular complexity index is 254. The van der Waals surface area contributed by atoms with E-state index in [1.54, 1.807) is 0 Å². The number of anilines is 2. The maximum atomic E-state index is 5.38. The molecule has 0 bridgehead atoms. The summed E-state index contributed by atoms with van der Waals surface area (Å²) in [7, 11) is 0. The number of H-pyrrole nitrogens is 1. The van der Waals surface area contributed by atoms with Crippen molar-refractivity contribution < 1.29 is 0 Å². The first-order valence-electron chi connectivity index (χ1n) is 4.90. The molecule has 1 aromatic rings. The normalized spacial score (nSPS) is 10.8. The molecule has 0 aliphatic rings. The van der Waals surface area contributed by atoms with Crippen molar-refractivity contribution >= 4 is 11.9 Å². The summed E-state index contributed by atoms with van der Waals surface area (Å²) in [6.07, 6.45) is 0. The highest BCUT2D eigenvalue weighted by atomic mass is 15.3. The van der Waals surface area contributed by atoms with Gasteiger partial charge in [-0.25, -0.2) is 5.10 Å². The lowest BCUT2D eigenvalue weighted by Crippen LogP contribution is -2.28. The van der Waals surface area contributed by atoms with Crippen molar-refractivity contribution in [3.8, 4) is 0 Å². The number of hydrogen-bond donors (Lipinski definition) is 3. The molecule has 1 heterocycles. The van der Waals surface area contributed by atoms with E-state index in [9.17, 15) is 0 Å². The van der Waals surface area contributed by atoms with Gasteiger partial charge in [-0.2, -0.15) is 4.98 Å². The molecule has 1 aromatic heterocycles.